The Bertz CT molecular complexity index is 414. The number of hydrogen-bond acceptors (Lipinski definition) is 2. The fourth-order valence-corrected chi connectivity index (χ4v) is 2.67. The van der Waals surface area contributed by atoms with Gasteiger partial charge in [0.2, 0.25) is 5.91 Å². The number of nitrogens with one attached hydrogen (secondary N) is 2. The molecule has 0 saturated carbocycles. The summed E-state index contributed by atoms with van der Waals surface area (Å²) in [5.41, 5.74) is 0.847. The van der Waals surface area contributed by atoms with E-state index in [0.29, 0.717) is 12.3 Å². The van der Waals surface area contributed by atoms with Crippen LogP contribution >= 0.6 is 12.4 Å². The Balaban J connectivity index is 0.00000200. The predicted molar refractivity (Wildman–Crippen MR) is 85.1 cm³/mol. The van der Waals surface area contributed by atoms with Gasteiger partial charge in [-0.25, -0.2) is 0 Å². The molecule has 0 atom stereocenters. The van der Waals surface area contributed by atoms with Crippen molar-refractivity contribution in [3.63, 3.8) is 0 Å². The SMILES string of the molecule is CC(C)(NC(=O)CC1CCNCC1)c1ccccc1.Cl. The topological polar surface area (TPSA) is 41.1 Å². The standard InChI is InChI=1S/C16H24N2O.ClH/c1-16(2,14-6-4-3-5-7-14)18-15(19)12-13-8-10-17-11-9-13;/h3-7,13,17H,8-12H2,1-2H3,(H,18,19);1H. The number of benzene rings is 1. The predicted octanol–water partition coefficient (Wildman–Crippen LogP) is 2.85. The van der Waals surface area contributed by atoms with E-state index >= 15 is 0 Å². The van der Waals surface area contributed by atoms with E-state index in [2.05, 4.69) is 36.6 Å². The molecule has 20 heavy (non-hydrogen) atoms. The van der Waals surface area contributed by atoms with Crippen LogP contribution in [0, 0.1) is 5.92 Å². The van der Waals surface area contributed by atoms with Crippen LogP contribution in [0.5, 0.6) is 0 Å². The van der Waals surface area contributed by atoms with Gasteiger partial charge in [-0.1, -0.05) is 30.3 Å². The number of amides is 1. The van der Waals surface area contributed by atoms with Crippen LogP contribution in [0.2, 0.25) is 0 Å². The fourth-order valence-electron chi connectivity index (χ4n) is 2.67. The van der Waals surface area contributed by atoms with Crippen molar-refractivity contribution in [2.24, 2.45) is 5.92 Å². The molecule has 1 amide bonds. The van der Waals surface area contributed by atoms with E-state index in [0.717, 1.165) is 31.5 Å². The lowest BCUT2D eigenvalue weighted by molar-refractivity contribution is -0.123. The molecule has 4 heteroatoms. The van der Waals surface area contributed by atoms with E-state index in [1.165, 1.54) is 0 Å². The molecule has 2 N–H and O–H groups in total. The third-order valence-corrected chi connectivity index (χ3v) is 3.88. The Hall–Kier alpha value is -1.06. The van der Waals surface area contributed by atoms with Gasteiger partial charge < -0.3 is 10.6 Å². The van der Waals surface area contributed by atoms with Gasteiger partial charge in [0.15, 0.2) is 0 Å². The number of piperidine rings is 1. The fraction of sp³-hybridized carbons (Fsp3) is 0.562. The zero-order valence-electron chi connectivity index (χ0n) is 12.3. The smallest absolute Gasteiger partial charge is 0.220 e. The molecular formula is C16H25ClN2O. The Kier molecular flexibility index (Phi) is 6.50. The minimum Gasteiger partial charge on any atom is -0.347 e. The van der Waals surface area contributed by atoms with Gasteiger partial charge in [-0.3, -0.25) is 4.79 Å². The van der Waals surface area contributed by atoms with Crippen LogP contribution < -0.4 is 10.6 Å². The summed E-state index contributed by atoms with van der Waals surface area (Å²) < 4.78 is 0. The number of halogens is 1. The van der Waals surface area contributed by atoms with E-state index in [4.69, 9.17) is 0 Å². The molecule has 0 unspecified atom stereocenters. The molecule has 0 aromatic heterocycles. The third kappa shape index (κ3) is 4.80. The van der Waals surface area contributed by atoms with E-state index < -0.39 is 0 Å². The van der Waals surface area contributed by atoms with Gasteiger partial charge in [-0.05, 0) is 51.3 Å². The quantitative estimate of drug-likeness (QED) is 0.897. The van der Waals surface area contributed by atoms with Crippen LogP contribution in [0.4, 0.5) is 0 Å². The van der Waals surface area contributed by atoms with Gasteiger partial charge in [-0.15, -0.1) is 12.4 Å². The van der Waals surface area contributed by atoms with Crippen molar-refractivity contribution in [3.05, 3.63) is 35.9 Å². The largest absolute Gasteiger partial charge is 0.347 e. The first kappa shape index (κ1) is 17.0. The molecule has 1 aromatic rings. The van der Waals surface area contributed by atoms with Gasteiger partial charge in [0.1, 0.15) is 0 Å². The van der Waals surface area contributed by atoms with Crippen molar-refractivity contribution in [3.8, 4) is 0 Å². The molecule has 2 rings (SSSR count). The molecule has 1 fully saturated rings. The number of hydrogen-bond donors (Lipinski definition) is 2. The van der Waals surface area contributed by atoms with Crippen LogP contribution in [0.3, 0.4) is 0 Å². The number of rotatable bonds is 4. The molecule has 1 saturated heterocycles. The lowest BCUT2D eigenvalue weighted by atomic mass is 9.91. The number of carbonyl (C=O) groups excluding carboxylic acids is 1. The molecule has 0 radical (unpaired) electrons. The maximum atomic E-state index is 12.2. The molecule has 112 valence electrons. The zero-order valence-corrected chi connectivity index (χ0v) is 13.1. The molecule has 1 aromatic carbocycles. The van der Waals surface area contributed by atoms with Crippen LogP contribution in [0.1, 0.15) is 38.7 Å². The zero-order chi connectivity index (χ0) is 13.7. The average molecular weight is 297 g/mol. The summed E-state index contributed by atoms with van der Waals surface area (Å²) in [6.07, 6.45) is 2.87. The van der Waals surface area contributed by atoms with Crippen LogP contribution in [0.15, 0.2) is 30.3 Å². The molecule has 3 nitrogen and oxygen atoms in total. The second-order valence-corrected chi connectivity index (χ2v) is 5.94. The highest BCUT2D eigenvalue weighted by atomic mass is 35.5. The lowest BCUT2D eigenvalue weighted by Crippen LogP contribution is -2.42. The maximum Gasteiger partial charge on any atom is 0.220 e. The second kappa shape index (κ2) is 7.65. The van der Waals surface area contributed by atoms with Crippen molar-refractivity contribution in [1.29, 1.82) is 0 Å². The first-order chi connectivity index (χ1) is 9.08. The highest BCUT2D eigenvalue weighted by molar-refractivity contribution is 5.85. The third-order valence-electron chi connectivity index (χ3n) is 3.88. The lowest BCUT2D eigenvalue weighted by Gasteiger charge is -2.29. The second-order valence-electron chi connectivity index (χ2n) is 5.94. The summed E-state index contributed by atoms with van der Waals surface area (Å²) in [6, 6.07) is 10.1. The van der Waals surface area contributed by atoms with Gasteiger partial charge in [0, 0.05) is 6.42 Å². The molecular weight excluding hydrogens is 272 g/mol. The molecule has 0 spiro atoms. The normalized spacial score (nSPS) is 16.3. The van der Waals surface area contributed by atoms with Gasteiger partial charge in [0.05, 0.1) is 5.54 Å². The highest BCUT2D eigenvalue weighted by Crippen LogP contribution is 2.21. The summed E-state index contributed by atoms with van der Waals surface area (Å²) in [7, 11) is 0. The monoisotopic (exact) mass is 296 g/mol. The Morgan fingerprint density at radius 3 is 2.45 bits per heavy atom. The molecule has 1 heterocycles. The summed E-state index contributed by atoms with van der Waals surface area (Å²) >= 11 is 0. The van der Waals surface area contributed by atoms with E-state index in [1.54, 1.807) is 0 Å². The first-order valence-electron chi connectivity index (χ1n) is 7.15. The van der Waals surface area contributed by atoms with Crippen molar-refractivity contribution in [2.45, 2.75) is 38.6 Å². The van der Waals surface area contributed by atoms with Crippen LogP contribution in [-0.2, 0) is 10.3 Å². The summed E-state index contributed by atoms with van der Waals surface area (Å²) in [6.45, 7) is 6.20. The molecule has 1 aliphatic heterocycles. The van der Waals surface area contributed by atoms with E-state index in [-0.39, 0.29) is 23.9 Å². The first-order valence-corrected chi connectivity index (χ1v) is 7.15. The molecule has 0 bridgehead atoms. The van der Waals surface area contributed by atoms with E-state index in [9.17, 15) is 4.79 Å². The van der Waals surface area contributed by atoms with Crippen molar-refractivity contribution in [1.82, 2.24) is 10.6 Å². The highest BCUT2D eigenvalue weighted by Gasteiger charge is 2.24. The minimum atomic E-state index is -0.300. The summed E-state index contributed by atoms with van der Waals surface area (Å²) in [5.74, 6) is 0.702. The molecule has 1 aliphatic rings. The summed E-state index contributed by atoms with van der Waals surface area (Å²) in [5, 5.41) is 6.49. The maximum absolute atomic E-state index is 12.2. The van der Waals surface area contributed by atoms with Crippen molar-refractivity contribution in [2.75, 3.05) is 13.1 Å². The van der Waals surface area contributed by atoms with Crippen molar-refractivity contribution >= 4 is 18.3 Å². The minimum absolute atomic E-state index is 0. The Morgan fingerprint density at radius 2 is 1.85 bits per heavy atom. The summed E-state index contributed by atoms with van der Waals surface area (Å²) in [4.78, 5) is 12.2. The van der Waals surface area contributed by atoms with E-state index in [1.807, 2.05) is 18.2 Å². The van der Waals surface area contributed by atoms with Gasteiger partial charge >= 0.3 is 0 Å². The van der Waals surface area contributed by atoms with Gasteiger partial charge in [-0.2, -0.15) is 0 Å². The average Bonchev–Trinajstić information content (AvgIpc) is 2.40. The molecule has 0 aliphatic carbocycles. The van der Waals surface area contributed by atoms with Gasteiger partial charge in [0.25, 0.3) is 0 Å². The number of carbonyl (C=O) groups is 1. The van der Waals surface area contributed by atoms with Crippen molar-refractivity contribution < 1.29 is 4.79 Å². The Labute approximate surface area is 127 Å². The van der Waals surface area contributed by atoms with Crippen LogP contribution in [-0.4, -0.2) is 19.0 Å². The Morgan fingerprint density at radius 1 is 1.25 bits per heavy atom. The van der Waals surface area contributed by atoms with Crippen LogP contribution in [0.25, 0.3) is 0 Å².